The maximum absolute atomic E-state index is 13.5. The maximum Gasteiger partial charge on any atom is 0.295 e. The second-order valence-corrected chi connectivity index (χ2v) is 4.89. The molecular weight excluding hydrogens is 271 g/mol. The summed E-state index contributed by atoms with van der Waals surface area (Å²) in [6.07, 6.45) is 0.761. The number of hydrogen-bond acceptors (Lipinski definition) is 3. The molecule has 0 bridgehead atoms. The Labute approximate surface area is 122 Å². The molecule has 0 aliphatic heterocycles. The number of halogens is 1. The van der Waals surface area contributed by atoms with Gasteiger partial charge in [-0.1, -0.05) is 37.3 Å². The van der Waals surface area contributed by atoms with Crippen molar-refractivity contribution in [3.8, 4) is 0 Å². The van der Waals surface area contributed by atoms with Crippen LogP contribution in [0.4, 0.5) is 15.8 Å². The number of nitrogens with one attached hydrogen (secondary N) is 1. The van der Waals surface area contributed by atoms with Gasteiger partial charge in [0, 0.05) is 0 Å². The lowest BCUT2D eigenvalue weighted by molar-refractivity contribution is -0.384. The minimum Gasteiger partial charge on any atom is -0.373 e. The van der Waals surface area contributed by atoms with Gasteiger partial charge < -0.3 is 5.32 Å². The summed E-state index contributed by atoms with van der Waals surface area (Å²) in [6, 6.07) is 12.1. The third kappa shape index (κ3) is 3.37. The summed E-state index contributed by atoms with van der Waals surface area (Å²) in [5.74, 6) is -0.569. The van der Waals surface area contributed by atoms with Crippen molar-refractivity contribution in [3.63, 3.8) is 0 Å². The fraction of sp³-hybridized carbons (Fsp3) is 0.250. The molecule has 5 heteroatoms. The number of rotatable bonds is 5. The maximum atomic E-state index is 13.5. The zero-order chi connectivity index (χ0) is 15.4. The topological polar surface area (TPSA) is 55.2 Å². The first-order chi connectivity index (χ1) is 10.0. The first-order valence-electron chi connectivity index (χ1n) is 6.79. The van der Waals surface area contributed by atoms with Gasteiger partial charge in [0.25, 0.3) is 5.69 Å². The predicted molar refractivity (Wildman–Crippen MR) is 80.9 cm³/mol. The van der Waals surface area contributed by atoms with Gasteiger partial charge in [0.1, 0.15) is 11.5 Å². The zero-order valence-electron chi connectivity index (χ0n) is 12.0. The molecule has 0 aromatic heterocycles. The average molecular weight is 288 g/mol. The molecule has 21 heavy (non-hydrogen) atoms. The highest BCUT2D eigenvalue weighted by atomic mass is 19.1. The normalized spacial score (nSPS) is 12.0. The molecule has 0 saturated heterocycles. The van der Waals surface area contributed by atoms with E-state index in [9.17, 15) is 14.5 Å². The van der Waals surface area contributed by atoms with E-state index >= 15 is 0 Å². The lowest BCUT2D eigenvalue weighted by atomic mass is 10.0. The number of nitro groups is 1. The average Bonchev–Trinajstić information content (AvgIpc) is 2.48. The Bertz CT molecular complexity index is 644. The number of hydrogen-bond donors (Lipinski definition) is 1. The summed E-state index contributed by atoms with van der Waals surface area (Å²) in [4.78, 5) is 10.5. The minimum atomic E-state index is -0.569. The highest BCUT2D eigenvalue weighted by molar-refractivity contribution is 5.64. The van der Waals surface area contributed by atoms with Gasteiger partial charge in [-0.25, -0.2) is 4.39 Å². The minimum absolute atomic E-state index is 0.0604. The second kappa shape index (κ2) is 6.35. The van der Waals surface area contributed by atoms with Crippen molar-refractivity contribution in [3.05, 3.63) is 69.5 Å². The van der Waals surface area contributed by atoms with Crippen LogP contribution in [0.3, 0.4) is 0 Å². The first kappa shape index (κ1) is 15.0. The van der Waals surface area contributed by atoms with Crippen LogP contribution in [0.1, 0.15) is 30.5 Å². The standard InChI is InChI=1S/C16H17FN2O2/c1-3-14(12-7-5-4-6-8-12)18-15-9-11(2)13(17)10-16(15)19(20)21/h4-10,14,18H,3H2,1-2H3. The van der Waals surface area contributed by atoms with Crippen LogP contribution in [0.25, 0.3) is 0 Å². The van der Waals surface area contributed by atoms with Crippen molar-refractivity contribution in [2.75, 3.05) is 5.32 Å². The van der Waals surface area contributed by atoms with E-state index in [0.29, 0.717) is 11.3 Å². The van der Waals surface area contributed by atoms with Crippen molar-refractivity contribution < 1.29 is 9.31 Å². The molecule has 110 valence electrons. The molecule has 0 aliphatic carbocycles. The molecule has 0 amide bonds. The van der Waals surface area contributed by atoms with Crippen LogP contribution in [0.5, 0.6) is 0 Å². The van der Waals surface area contributed by atoms with Crippen LogP contribution < -0.4 is 5.32 Å². The molecule has 1 N–H and O–H groups in total. The van der Waals surface area contributed by atoms with Crippen LogP contribution in [-0.4, -0.2) is 4.92 Å². The molecule has 0 aliphatic rings. The summed E-state index contributed by atoms with van der Waals surface area (Å²) in [6.45, 7) is 3.58. The van der Waals surface area contributed by atoms with Crippen molar-refractivity contribution in [2.45, 2.75) is 26.3 Å². The largest absolute Gasteiger partial charge is 0.373 e. The lowest BCUT2D eigenvalue weighted by Gasteiger charge is -2.19. The lowest BCUT2D eigenvalue weighted by Crippen LogP contribution is -2.11. The highest BCUT2D eigenvalue weighted by Crippen LogP contribution is 2.31. The van der Waals surface area contributed by atoms with E-state index in [1.807, 2.05) is 37.3 Å². The van der Waals surface area contributed by atoms with Gasteiger partial charge in [-0.15, -0.1) is 0 Å². The molecule has 4 nitrogen and oxygen atoms in total. The summed E-state index contributed by atoms with van der Waals surface area (Å²) < 4.78 is 13.5. The fourth-order valence-electron chi connectivity index (χ4n) is 2.23. The molecule has 0 spiro atoms. The van der Waals surface area contributed by atoms with Crippen LogP contribution in [0.2, 0.25) is 0 Å². The van der Waals surface area contributed by atoms with Gasteiger partial charge >= 0.3 is 0 Å². The molecule has 2 aromatic rings. The van der Waals surface area contributed by atoms with Gasteiger partial charge in [-0.3, -0.25) is 10.1 Å². The molecule has 0 radical (unpaired) electrons. The Morgan fingerprint density at radius 2 is 1.95 bits per heavy atom. The molecule has 1 unspecified atom stereocenters. The van der Waals surface area contributed by atoms with Gasteiger partial charge in [0.05, 0.1) is 17.0 Å². The van der Waals surface area contributed by atoms with Gasteiger partial charge in [0.15, 0.2) is 0 Å². The molecule has 0 heterocycles. The van der Waals surface area contributed by atoms with Crippen LogP contribution in [0, 0.1) is 22.9 Å². The predicted octanol–water partition coefficient (Wildman–Crippen LogP) is 4.61. The number of anilines is 1. The number of nitrogens with zero attached hydrogens (tertiary/aromatic N) is 1. The summed E-state index contributed by atoms with van der Waals surface area (Å²) in [5, 5.41) is 14.2. The third-order valence-electron chi connectivity index (χ3n) is 3.41. The number of nitro benzene ring substituents is 1. The fourth-order valence-corrected chi connectivity index (χ4v) is 2.23. The Hall–Kier alpha value is -2.43. The van der Waals surface area contributed by atoms with Crippen LogP contribution in [0.15, 0.2) is 42.5 Å². The Balaban J connectivity index is 2.37. The smallest absolute Gasteiger partial charge is 0.295 e. The van der Waals surface area contributed by atoms with E-state index < -0.39 is 10.7 Å². The van der Waals surface area contributed by atoms with E-state index in [1.165, 1.54) is 6.07 Å². The van der Waals surface area contributed by atoms with E-state index in [-0.39, 0.29) is 11.7 Å². The van der Waals surface area contributed by atoms with Crippen molar-refractivity contribution in [2.24, 2.45) is 0 Å². The molecule has 1 atom stereocenters. The molecule has 2 aromatic carbocycles. The van der Waals surface area contributed by atoms with Crippen LogP contribution >= 0.6 is 0 Å². The van der Waals surface area contributed by atoms with E-state index in [0.717, 1.165) is 18.1 Å². The van der Waals surface area contributed by atoms with E-state index in [4.69, 9.17) is 0 Å². The number of benzene rings is 2. The van der Waals surface area contributed by atoms with Crippen molar-refractivity contribution in [1.29, 1.82) is 0 Å². The Kier molecular flexibility index (Phi) is 4.52. The van der Waals surface area contributed by atoms with E-state index in [2.05, 4.69) is 5.32 Å². The summed E-state index contributed by atoms with van der Waals surface area (Å²) >= 11 is 0. The van der Waals surface area contributed by atoms with Crippen molar-refractivity contribution >= 4 is 11.4 Å². The van der Waals surface area contributed by atoms with Gasteiger partial charge in [0.2, 0.25) is 0 Å². The van der Waals surface area contributed by atoms with Crippen molar-refractivity contribution in [1.82, 2.24) is 0 Å². The number of aryl methyl sites for hydroxylation is 1. The van der Waals surface area contributed by atoms with E-state index in [1.54, 1.807) is 6.92 Å². The Morgan fingerprint density at radius 1 is 1.29 bits per heavy atom. The van der Waals surface area contributed by atoms with Crippen LogP contribution in [-0.2, 0) is 0 Å². The zero-order valence-corrected chi connectivity index (χ0v) is 12.0. The van der Waals surface area contributed by atoms with Gasteiger partial charge in [-0.05, 0) is 30.5 Å². The molecule has 0 saturated carbocycles. The quantitative estimate of drug-likeness (QED) is 0.646. The molecular formula is C16H17FN2O2. The second-order valence-electron chi connectivity index (χ2n) is 4.89. The third-order valence-corrected chi connectivity index (χ3v) is 3.41. The monoisotopic (exact) mass is 288 g/mol. The summed E-state index contributed by atoms with van der Waals surface area (Å²) in [7, 11) is 0. The first-order valence-corrected chi connectivity index (χ1v) is 6.79. The SMILES string of the molecule is CCC(Nc1cc(C)c(F)cc1[N+](=O)[O-])c1ccccc1. The van der Waals surface area contributed by atoms with Gasteiger partial charge in [-0.2, -0.15) is 0 Å². The summed E-state index contributed by atoms with van der Waals surface area (Å²) in [5.41, 5.74) is 1.52. The molecule has 0 fully saturated rings. The molecule has 2 rings (SSSR count). The highest BCUT2D eigenvalue weighted by Gasteiger charge is 2.19. The Morgan fingerprint density at radius 3 is 2.52 bits per heavy atom.